The molecule has 0 aliphatic carbocycles. The standard InChI is InChI=1S/C14H18ClIN2O.ClH/c1-9(17)10-3-2-6-18(8-10)14(19)12-7-11(15)4-5-13(12)16;/h4-5,7,9-10H,2-3,6,8,17H2,1H3;1H. The second-order valence-electron chi connectivity index (χ2n) is 5.14. The molecule has 0 radical (unpaired) electrons. The Labute approximate surface area is 144 Å². The van der Waals surface area contributed by atoms with Crippen molar-refractivity contribution in [2.45, 2.75) is 25.8 Å². The lowest BCUT2D eigenvalue weighted by molar-refractivity contribution is 0.0660. The molecule has 20 heavy (non-hydrogen) atoms. The van der Waals surface area contributed by atoms with Gasteiger partial charge in [-0.15, -0.1) is 12.4 Å². The first-order valence-electron chi connectivity index (χ1n) is 6.49. The summed E-state index contributed by atoms with van der Waals surface area (Å²) in [4.78, 5) is 14.5. The smallest absolute Gasteiger partial charge is 0.254 e. The number of nitrogens with two attached hydrogens (primary N) is 1. The highest BCUT2D eigenvalue weighted by molar-refractivity contribution is 14.1. The van der Waals surface area contributed by atoms with E-state index in [1.807, 2.05) is 17.9 Å². The van der Waals surface area contributed by atoms with Gasteiger partial charge in [0, 0.05) is 27.7 Å². The lowest BCUT2D eigenvalue weighted by Gasteiger charge is -2.34. The van der Waals surface area contributed by atoms with E-state index in [0.717, 1.165) is 29.5 Å². The predicted molar refractivity (Wildman–Crippen MR) is 93.7 cm³/mol. The number of carbonyl (C=O) groups is 1. The Hall–Kier alpha value is -0.0400. The first kappa shape index (κ1) is 18.0. The van der Waals surface area contributed by atoms with E-state index in [4.69, 9.17) is 17.3 Å². The van der Waals surface area contributed by atoms with E-state index in [2.05, 4.69) is 22.6 Å². The Balaban J connectivity index is 0.00000200. The van der Waals surface area contributed by atoms with Gasteiger partial charge in [0.15, 0.2) is 0 Å². The van der Waals surface area contributed by atoms with Crippen molar-refractivity contribution in [2.24, 2.45) is 11.7 Å². The number of benzene rings is 1. The van der Waals surface area contributed by atoms with E-state index < -0.39 is 0 Å². The van der Waals surface area contributed by atoms with Crippen LogP contribution in [0.5, 0.6) is 0 Å². The quantitative estimate of drug-likeness (QED) is 0.732. The minimum Gasteiger partial charge on any atom is -0.338 e. The molecular formula is C14H19Cl2IN2O. The van der Waals surface area contributed by atoms with Gasteiger partial charge in [-0.3, -0.25) is 4.79 Å². The van der Waals surface area contributed by atoms with Crippen LogP contribution < -0.4 is 5.73 Å². The topological polar surface area (TPSA) is 46.3 Å². The van der Waals surface area contributed by atoms with E-state index in [0.29, 0.717) is 16.5 Å². The van der Waals surface area contributed by atoms with Crippen LogP contribution >= 0.6 is 46.6 Å². The Morgan fingerprint density at radius 3 is 2.90 bits per heavy atom. The van der Waals surface area contributed by atoms with E-state index in [1.165, 1.54) is 0 Å². The Morgan fingerprint density at radius 2 is 2.25 bits per heavy atom. The van der Waals surface area contributed by atoms with Crippen molar-refractivity contribution >= 4 is 52.5 Å². The lowest BCUT2D eigenvalue weighted by Crippen LogP contribution is -2.45. The van der Waals surface area contributed by atoms with Crippen LogP contribution in [0.3, 0.4) is 0 Å². The molecule has 2 rings (SSSR count). The molecule has 0 aromatic heterocycles. The zero-order valence-corrected chi connectivity index (χ0v) is 15.0. The fourth-order valence-electron chi connectivity index (χ4n) is 2.46. The van der Waals surface area contributed by atoms with E-state index in [-0.39, 0.29) is 24.4 Å². The summed E-state index contributed by atoms with van der Waals surface area (Å²) in [6.07, 6.45) is 2.13. The third-order valence-electron chi connectivity index (χ3n) is 3.65. The maximum absolute atomic E-state index is 12.6. The van der Waals surface area contributed by atoms with E-state index in [9.17, 15) is 4.79 Å². The summed E-state index contributed by atoms with van der Waals surface area (Å²) in [5, 5.41) is 0.601. The van der Waals surface area contributed by atoms with Crippen molar-refractivity contribution in [1.82, 2.24) is 4.90 Å². The minimum absolute atomic E-state index is 0. The van der Waals surface area contributed by atoms with Crippen molar-refractivity contribution < 1.29 is 4.79 Å². The van der Waals surface area contributed by atoms with Gasteiger partial charge in [-0.2, -0.15) is 0 Å². The summed E-state index contributed by atoms with van der Waals surface area (Å²) < 4.78 is 0.940. The van der Waals surface area contributed by atoms with Gasteiger partial charge >= 0.3 is 0 Å². The average Bonchev–Trinajstić information content (AvgIpc) is 2.41. The highest BCUT2D eigenvalue weighted by Crippen LogP contribution is 2.24. The Morgan fingerprint density at radius 1 is 1.55 bits per heavy atom. The van der Waals surface area contributed by atoms with Crippen LogP contribution in [0.4, 0.5) is 0 Å². The molecule has 1 aromatic carbocycles. The van der Waals surface area contributed by atoms with Gasteiger partial charge < -0.3 is 10.6 Å². The molecule has 1 heterocycles. The molecule has 1 aliphatic rings. The number of carbonyl (C=O) groups excluding carboxylic acids is 1. The van der Waals surface area contributed by atoms with Crippen LogP contribution in [-0.4, -0.2) is 29.9 Å². The van der Waals surface area contributed by atoms with Crippen molar-refractivity contribution in [3.63, 3.8) is 0 Å². The zero-order chi connectivity index (χ0) is 14.0. The number of hydrogen-bond donors (Lipinski definition) is 1. The van der Waals surface area contributed by atoms with Gasteiger partial charge in [-0.25, -0.2) is 0 Å². The summed E-state index contributed by atoms with van der Waals surface area (Å²) in [6.45, 7) is 3.57. The van der Waals surface area contributed by atoms with Gasteiger partial charge in [-0.1, -0.05) is 11.6 Å². The van der Waals surface area contributed by atoms with Gasteiger partial charge in [0.05, 0.1) is 5.56 Å². The number of hydrogen-bond acceptors (Lipinski definition) is 2. The number of rotatable bonds is 2. The fraction of sp³-hybridized carbons (Fsp3) is 0.500. The van der Waals surface area contributed by atoms with Crippen LogP contribution in [-0.2, 0) is 0 Å². The van der Waals surface area contributed by atoms with Crippen molar-refractivity contribution in [2.75, 3.05) is 13.1 Å². The molecule has 1 amide bonds. The second-order valence-corrected chi connectivity index (χ2v) is 6.74. The lowest BCUT2D eigenvalue weighted by atomic mass is 9.92. The van der Waals surface area contributed by atoms with Crippen LogP contribution in [0.2, 0.25) is 5.02 Å². The molecule has 3 nitrogen and oxygen atoms in total. The Bertz CT molecular complexity index is 482. The third kappa shape index (κ3) is 4.23. The summed E-state index contributed by atoms with van der Waals surface area (Å²) in [5.41, 5.74) is 6.65. The maximum atomic E-state index is 12.6. The summed E-state index contributed by atoms with van der Waals surface area (Å²) >= 11 is 8.16. The molecule has 0 spiro atoms. The monoisotopic (exact) mass is 428 g/mol. The SMILES string of the molecule is CC(N)C1CCCN(C(=O)c2cc(Cl)ccc2I)C1.Cl. The second kappa shape index (κ2) is 7.82. The molecule has 1 aliphatic heterocycles. The normalized spacial score (nSPS) is 20.2. The molecular weight excluding hydrogens is 410 g/mol. The largest absolute Gasteiger partial charge is 0.338 e. The molecule has 112 valence electrons. The van der Waals surface area contributed by atoms with Crippen molar-refractivity contribution in [3.8, 4) is 0 Å². The summed E-state index contributed by atoms with van der Waals surface area (Å²) in [5.74, 6) is 0.465. The van der Waals surface area contributed by atoms with Crippen LogP contribution in [0.15, 0.2) is 18.2 Å². The van der Waals surface area contributed by atoms with E-state index in [1.54, 1.807) is 12.1 Å². The summed E-state index contributed by atoms with van der Waals surface area (Å²) in [6, 6.07) is 5.57. The van der Waals surface area contributed by atoms with Gasteiger partial charge in [-0.05, 0) is 66.5 Å². The Kier molecular flexibility index (Phi) is 7.04. The molecule has 2 atom stereocenters. The molecule has 1 fully saturated rings. The molecule has 0 bridgehead atoms. The van der Waals surface area contributed by atoms with Crippen LogP contribution in [0, 0.1) is 9.49 Å². The van der Waals surface area contributed by atoms with Gasteiger partial charge in [0.2, 0.25) is 0 Å². The van der Waals surface area contributed by atoms with Crippen LogP contribution in [0.1, 0.15) is 30.1 Å². The molecule has 0 saturated carbocycles. The van der Waals surface area contributed by atoms with Crippen LogP contribution in [0.25, 0.3) is 0 Å². The van der Waals surface area contributed by atoms with Crippen molar-refractivity contribution in [1.29, 1.82) is 0 Å². The average molecular weight is 429 g/mol. The number of nitrogens with zero attached hydrogens (tertiary/aromatic N) is 1. The number of likely N-dealkylation sites (tertiary alicyclic amines) is 1. The number of amides is 1. The summed E-state index contributed by atoms with van der Waals surface area (Å²) in [7, 11) is 0. The number of halogens is 3. The first-order chi connectivity index (χ1) is 8.99. The molecule has 6 heteroatoms. The number of piperidine rings is 1. The van der Waals surface area contributed by atoms with Gasteiger partial charge in [0.1, 0.15) is 0 Å². The molecule has 2 N–H and O–H groups in total. The fourth-order valence-corrected chi connectivity index (χ4v) is 3.19. The third-order valence-corrected chi connectivity index (χ3v) is 4.82. The first-order valence-corrected chi connectivity index (χ1v) is 7.94. The molecule has 1 aromatic rings. The van der Waals surface area contributed by atoms with Gasteiger partial charge in [0.25, 0.3) is 5.91 Å². The molecule has 2 unspecified atom stereocenters. The minimum atomic E-state index is 0. The highest BCUT2D eigenvalue weighted by atomic mass is 127. The zero-order valence-electron chi connectivity index (χ0n) is 11.3. The predicted octanol–water partition coefficient (Wildman–Crippen LogP) is 3.57. The highest BCUT2D eigenvalue weighted by Gasteiger charge is 2.27. The maximum Gasteiger partial charge on any atom is 0.254 e. The van der Waals surface area contributed by atoms with Crippen molar-refractivity contribution in [3.05, 3.63) is 32.4 Å². The molecule has 1 saturated heterocycles. The van der Waals surface area contributed by atoms with E-state index >= 15 is 0 Å².